The van der Waals surface area contributed by atoms with E-state index in [4.69, 9.17) is 0 Å². The van der Waals surface area contributed by atoms with E-state index < -0.39 is 0 Å². The van der Waals surface area contributed by atoms with Gasteiger partial charge < -0.3 is 15.3 Å². The summed E-state index contributed by atoms with van der Waals surface area (Å²) in [6.07, 6.45) is 4.78. The van der Waals surface area contributed by atoms with Crippen LogP contribution in [0.1, 0.15) is 25.7 Å². The SMILES string of the molecule is CN1CCCC1CCC1(O)CNC1. The van der Waals surface area contributed by atoms with E-state index in [0.717, 1.165) is 32.0 Å². The maximum Gasteiger partial charge on any atom is 0.0895 e. The van der Waals surface area contributed by atoms with Gasteiger partial charge >= 0.3 is 0 Å². The van der Waals surface area contributed by atoms with Gasteiger partial charge in [-0.1, -0.05) is 0 Å². The third kappa shape index (κ3) is 2.03. The highest BCUT2D eigenvalue weighted by Gasteiger charge is 2.35. The Bertz CT molecular complexity index is 180. The zero-order chi connectivity index (χ0) is 9.31. The van der Waals surface area contributed by atoms with Crippen molar-refractivity contribution in [3.8, 4) is 0 Å². The second-order valence-electron chi connectivity index (χ2n) is 4.64. The van der Waals surface area contributed by atoms with Gasteiger partial charge in [0.05, 0.1) is 5.60 Å². The van der Waals surface area contributed by atoms with E-state index in [0.29, 0.717) is 0 Å². The molecule has 0 saturated carbocycles. The summed E-state index contributed by atoms with van der Waals surface area (Å²) in [5.41, 5.74) is -0.372. The number of aliphatic hydroxyl groups is 1. The van der Waals surface area contributed by atoms with Crippen LogP contribution in [0.25, 0.3) is 0 Å². The minimum atomic E-state index is -0.372. The molecule has 0 amide bonds. The average Bonchev–Trinajstić information content (AvgIpc) is 2.44. The molecule has 0 aromatic rings. The number of nitrogens with one attached hydrogen (secondary N) is 1. The van der Waals surface area contributed by atoms with Gasteiger partial charge in [-0.2, -0.15) is 0 Å². The predicted octanol–water partition coefficient (Wildman–Crippen LogP) is 0.195. The Hall–Kier alpha value is -0.120. The molecule has 3 nitrogen and oxygen atoms in total. The molecule has 2 heterocycles. The van der Waals surface area contributed by atoms with Crippen molar-refractivity contribution >= 4 is 0 Å². The summed E-state index contributed by atoms with van der Waals surface area (Å²) >= 11 is 0. The maximum absolute atomic E-state index is 9.88. The van der Waals surface area contributed by atoms with Gasteiger partial charge in [-0.25, -0.2) is 0 Å². The highest BCUT2D eigenvalue weighted by Crippen LogP contribution is 2.24. The number of rotatable bonds is 3. The van der Waals surface area contributed by atoms with Crippen LogP contribution in [0.4, 0.5) is 0 Å². The van der Waals surface area contributed by atoms with Crippen molar-refractivity contribution in [2.75, 3.05) is 26.7 Å². The quantitative estimate of drug-likeness (QED) is 0.657. The first-order valence-electron chi connectivity index (χ1n) is 5.33. The highest BCUT2D eigenvalue weighted by atomic mass is 16.3. The number of hydrogen-bond acceptors (Lipinski definition) is 3. The summed E-state index contributed by atoms with van der Waals surface area (Å²) in [6.45, 7) is 2.83. The normalized spacial score (nSPS) is 33.2. The summed E-state index contributed by atoms with van der Waals surface area (Å²) in [5, 5.41) is 13.0. The van der Waals surface area contributed by atoms with Gasteiger partial charge in [-0.3, -0.25) is 0 Å². The van der Waals surface area contributed by atoms with Crippen molar-refractivity contribution in [1.82, 2.24) is 10.2 Å². The first kappa shape index (κ1) is 9.44. The van der Waals surface area contributed by atoms with Crippen LogP contribution in [0, 0.1) is 0 Å². The molecule has 2 saturated heterocycles. The monoisotopic (exact) mass is 184 g/mol. The molecule has 1 unspecified atom stereocenters. The Morgan fingerprint density at radius 3 is 2.77 bits per heavy atom. The van der Waals surface area contributed by atoms with Crippen molar-refractivity contribution < 1.29 is 5.11 Å². The molecule has 0 bridgehead atoms. The number of hydrogen-bond donors (Lipinski definition) is 2. The van der Waals surface area contributed by atoms with Gasteiger partial charge in [-0.05, 0) is 39.3 Å². The Morgan fingerprint density at radius 1 is 1.54 bits per heavy atom. The topological polar surface area (TPSA) is 35.5 Å². The van der Waals surface area contributed by atoms with E-state index in [2.05, 4.69) is 17.3 Å². The van der Waals surface area contributed by atoms with E-state index in [-0.39, 0.29) is 5.60 Å². The molecule has 0 aromatic carbocycles. The van der Waals surface area contributed by atoms with Crippen molar-refractivity contribution in [2.24, 2.45) is 0 Å². The lowest BCUT2D eigenvalue weighted by Gasteiger charge is -2.38. The van der Waals surface area contributed by atoms with Gasteiger partial charge in [0, 0.05) is 19.1 Å². The molecule has 0 aliphatic carbocycles. The second kappa shape index (κ2) is 3.56. The van der Waals surface area contributed by atoms with E-state index in [1.54, 1.807) is 0 Å². The Labute approximate surface area is 80.1 Å². The highest BCUT2D eigenvalue weighted by molar-refractivity contribution is 4.93. The molecule has 0 aromatic heterocycles. The van der Waals surface area contributed by atoms with Crippen molar-refractivity contribution in [2.45, 2.75) is 37.3 Å². The van der Waals surface area contributed by atoms with Crippen LogP contribution < -0.4 is 5.32 Å². The fourth-order valence-corrected chi connectivity index (χ4v) is 2.37. The van der Waals surface area contributed by atoms with Crippen LogP contribution in [-0.2, 0) is 0 Å². The van der Waals surface area contributed by atoms with Crippen LogP contribution >= 0.6 is 0 Å². The minimum Gasteiger partial charge on any atom is -0.387 e. The van der Waals surface area contributed by atoms with Crippen LogP contribution in [-0.4, -0.2) is 48.3 Å². The Morgan fingerprint density at radius 2 is 2.31 bits per heavy atom. The lowest BCUT2D eigenvalue weighted by Crippen LogP contribution is -2.59. The molecule has 2 aliphatic rings. The summed E-state index contributed by atoms with van der Waals surface area (Å²) in [4.78, 5) is 2.43. The molecule has 0 spiro atoms. The second-order valence-corrected chi connectivity index (χ2v) is 4.64. The summed E-state index contributed by atoms with van der Waals surface area (Å²) in [5.74, 6) is 0. The van der Waals surface area contributed by atoms with Crippen molar-refractivity contribution in [3.05, 3.63) is 0 Å². The Balaban J connectivity index is 1.72. The molecule has 1 atom stereocenters. The smallest absolute Gasteiger partial charge is 0.0895 e. The van der Waals surface area contributed by atoms with Gasteiger partial charge in [0.2, 0.25) is 0 Å². The van der Waals surface area contributed by atoms with Gasteiger partial charge in [0.15, 0.2) is 0 Å². The fraction of sp³-hybridized carbons (Fsp3) is 1.00. The fourth-order valence-electron chi connectivity index (χ4n) is 2.37. The van der Waals surface area contributed by atoms with E-state index >= 15 is 0 Å². The first-order chi connectivity index (χ1) is 6.20. The van der Waals surface area contributed by atoms with Crippen LogP contribution in [0.15, 0.2) is 0 Å². The van der Waals surface area contributed by atoms with Gasteiger partial charge in [0.1, 0.15) is 0 Å². The zero-order valence-electron chi connectivity index (χ0n) is 8.42. The lowest BCUT2D eigenvalue weighted by atomic mass is 9.89. The van der Waals surface area contributed by atoms with Crippen LogP contribution in [0.3, 0.4) is 0 Å². The molecule has 2 N–H and O–H groups in total. The summed E-state index contributed by atoms with van der Waals surface area (Å²) in [7, 11) is 2.20. The predicted molar refractivity (Wildman–Crippen MR) is 52.7 cm³/mol. The molecular weight excluding hydrogens is 164 g/mol. The number of nitrogens with zero attached hydrogens (tertiary/aromatic N) is 1. The molecule has 2 aliphatic heterocycles. The van der Waals surface area contributed by atoms with Gasteiger partial charge in [0.25, 0.3) is 0 Å². The molecular formula is C10H20N2O. The van der Waals surface area contributed by atoms with E-state index in [9.17, 15) is 5.11 Å². The Kier molecular flexibility index (Phi) is 2.58. The number of β-amino-alcohol motifs (C(OH)–C–C–N with tert-alkyl or cyclic N) is 1. The van der Waals surface area contributed by atoms with Crippen molar-refractivity contribution in [3.63, 3.8) is 0 Å². The van der Waals surface area contributed by atoms with Gasteiger partial charge in [-0.15, -0.1) is 0 Å². The average molecular weight is 184 g/mol. The lowest BCUT2D eigenvalue weighted by molar-refractivity contribution is -0.0225. The van der Waals surface area contributed by atoms with E-state index in [1.807, 2.05) is 0 Å². The third-order valence-corrected chi connectivity index (χ3v) is 3.52. The molecule has 76 valence electrons. The summed E-state index contributed by atoms with van der Waals surface area (Å²) in [6, 6.07) is 0.727. The molecule has 13 heavy (non-hydrogen) atoms. The van der Waals surface area contributed by atoms with Crippen LogP contribution in [0.2, 0.25) is 0 Å². The zero-order valence-corrected chi connectivity index (χ0v) is 8.42. The first-order valence-corrected chi connectivity index (χ1v) is 5.33. The molecule has 0 radical (unpaired) electrons. The van der Waals surface area contributed by atoms with Crippen molar-refractivity contribution in [1.29, 1.82) is 0 Å². The largest absolute Gasteiger partial charge is 0.387 e. The maximum atomic E-state index is 9.88. The van der Waals surface area contributed by atoms with E-state index in [1.165, 1.54) is 19.4 Å². The molecule has 3 heteroatoms. The van der Waals surface area contributed by atoms with Crippen LogP contribution in [0.5, 0.6) is 0 Å². The minimum absolute atomic E-state index is 0.372. The number of likely N-dealkylation sites (tertiary alicyclic amines) is 1. The third-order valence-electron chi connectivity index (χ3n) is 3.52. The summed E-state index contributed by atoms with van der Waals surface area (Å²) < 4.78 is 0. The molecule has 2 fully saturated rings. The molecule has 2 rings (SSSR count). The standard InChI is InChI=1S/C10H20N2O/c1-12-6-2-3-9(12)4-5-10(13)7-11-8-10/h9,11,13H,2-8H2,1H3.